The van der Waals surface area contributed by atoms with Gasteiger partial charge in [0.05, 0.1) is 18.4 Å². The molecule has 0 aromatic heterocycles. The Kier molecular flexibility index (Phi) is 6.46. The first-order chi connectivity index (χ1) is 14.2. The fraction of sp³-hybridized carbons (Fsp3) is 0.417. The smallest absolute Gasteiger partial charge is 0.408 e. The number of hydrogen-bond acceptors (Lipinski definition) is 4. The van der Waals surface area contributed by atoms with Gasteiger partial charge in [-0.25, -0.2) is 4.79 Å². The lowest BCUT2D eigenvalue weighted by Gasteiger charge is -2.28. The van der Waals surface area contributed by atoms with Crippen LogP contribution in [0.2, 0.25) is 0 Å². The highest BCUT2D eigenvalue weighted by Crippen LogP contribution is 2.40. The Balaban J connectivity index is 2.02. The van der Waals surface area contributed by atoms with E-state index in [4.69, 9.17) is 9.47 Å². The van der Waals surface area contributed by atoms with Crippen LogP contribution in [0, 0.1) is 0 Å². The number of amides is 2. The quantitative estimate of drug-likeness (QED) is 0.776. The standard InChI is InChI=1S/C24H30N2O4/c1-16(2)29-15-14-26-20-13-9-8-11-18(20)17-10-6-7-12-19(17)21(22(26)27)25-23(28)30-24(3,4)5/h6-13,16,21H,14-15H2,1-5H3,(H,25,28)/t21-/m0/s1. The van der Waals surface area contributed by atoms with E-state index in [1.54, 1.807) is 25.7 Å². The second-order valence-electron chi connectivity index (χ2n) is 8.59. The van der Waals surface area contributed by atoms with Crippen LogP contribution in [0.1, 0.15) is 46.2 Å². The van der Waals surface area contributed by atoms with Crippen LogP contribution >= 0.6 is 0 Å². The summed E-state index contributed by atoms with van der Waals surface area (Å²) in [6, 6.07) is 14.6. The van der Waals surface area contributed by atoms with Crippen molar-refractivity contribution >= 4 is 17.7 Å². The number of fused-ring (bicyclic) bond motifs is 3. The summed E-state index contributed by atoms with van der Waals surface area (Å²) in [5, 5.41) is 2.79. The largest absolute Gasteiger partial charge is 0.444 e. The lowest BCUT2D eigenvalue weighted by molar-refractivity contribution is -0.121. The lowest BCUT2D eigenvalue weighted by atomic mass is 9.95. The molecule has 1 heterocycles. The minimum atomic E-state index is -0.859. The van der Waals surface area contributed by atoms with Crippen LogP contribution < -0.4 is 10.2 Å². The molecule has 160 valence electrons. The first-order valence-electron chi connectivity index (χ1n) is 10.3. The molecule has 1 aliphatic rings. The highest BCUT2D eigenvalue weighted by Gasteiger charge is 2.35. The number of rotatable bonds is 5. The lowest BCUT2D eigenvalue weighted by Crippen LogP contribution is -2.45. The molecule has 0 spiro atoms. The van der Waals surface area contributed by atoms with Gasteiger partial charge in [-0.05, 0) is 51.8 Å². The van der Waals surface area contributed by atoms with E-state index in [-0.39, 0.29) is 12.0 Å². The molecule has 1 N–H and O–H groups in total. The molecule has 0 unspecified atom stereocenters. The van der Waals surface area contributed by atoms with E-state index in [0.29, 0.717) is 13.2 Å². The van der Waals surface area contributed by atoms with Crippen LogP contribution in [0.4, 0.5) is 10.5 Å². The van der Waals surface area contributed by atoms with Crippen molar-refractivity contribution in [3.63, 3.8) is 0 Å². The van der Waals surface area contributed by atoms with E-state index in [0.717, 1.165) is 22.4 Å². The van der Waals surface area contributed by atoms with E-state index in [9.17, 15) is 9.59 Å². The predicted octanol–water partition coefficient (Wildman–Crippen LogP) is 4.69. The average Bonchev–Trinajstić information content (AvgIpc) is 2.76. The number of nitrogens with zero attached hydrogens (tertiary/aromatic N) is 1. The number of carbonyl (C=O) groups is 2. The minimum Gasteiger partial charge on any atom is -0.444 e. The zero-order valence-electron chi connectivity index (χ0n) is 18.3. The zero-order valence-corrected chi connectivity index (χ0v) is 18.3. The summed E-state index contributed by atoms with van der Waals surface area (Å²) in [6.45, 7) is 10.1. The van der Waals surface area contributed by atoms with Crippen molar-refractivity contribution in [2.75, 3.05) is 18.1 Å². The third-order valence-corrected chi connectivity index (χ3v) is 4.70. The van der Waals surface area contributed by atoms with Gasteiger partial charge < -0.3 is 19.7 Å². The number of para-hydroxylation sites is 1. The second kappa shape index (κ2) is 8.88. The summed E-state index contributed by atoms with van der Waals surface area (Å²) in [5.74, 6) is -0.217. The maximum Gasteiger partial charge on any atom is 0.408 e. The topological polar surface area (TPSA) is 67.9 Å². The van der Waals surface area contributed by atoms with Crippen molar-refractivity contribution in [3.05, 3.63) is 54.1 Å². The van der Waals surface area contributed by atoms with Crippen LogP contribution in [0.5, 0.6) is 0 Å². The molecule has 1 atom stereocenters. The second-order valence-corrected chi connectivity index (χ2v) is 8.59. The highest BCUT2D eigenvalue weighted by atomic mass is 16.6. The summed E-state index contributed by atoms with van der Waals surface area (Å²) in [4.78, 5) is 27.9. The molecule has 0 aliphatic carbocycles. The summed E-state index contributed by atoms with van der Waals surface area (Å²) < 4.78 is 11.1. The van der Waals surface area contributed by atoms with Crippen molar-refractivity contribution in [2.24, 2.45) is 0 Å². The van der Waals surface area contributed by atoms with Gasteiger partial charge in [-0.15, -0.1) is 0 Å². The molecule has 0 bridgehead atoms. The first kappa shape index (κ1) is 21.8. The Morgan fingerprint density at radius 2 is 1.70 bits per heavy atom. The Morgan fingerprint density at radius 1 is 1.07 bits per heavy atom. The number of carbonyl (C=O) groups excluding carboxylic acids is 2. The number of ether oxygens (including phenoxy) is 2. The molecule has 0 fully saturated rings. The molecule has 2 aromatic carbocycles. The van der Waals surface area contributed by atoms with Crippen molar-refractivity contribution in [1.29, 1.82) is 0 Å². The number of alkyl carbamates (subject to hydrolysis) is 1. The van der Waals surface area contributed by atoms with E-state index in [2.05, 4.69) is 5.32 Å². The number of anilines is 1. The van der Waals surface area contributed by atoms with Crippen LogP contribution in [0.25, 0.3) is 11.1 Å². The van der Waals surface area contributed by atoms with Gasteiger partial charge in [0.15, 0.2) is 0 Å². The monoisotopic (exact) mass is 410 g/mol. The Hall–Kier alpha value is -2.86. The maximum absolute atomic E-state index is 13.6. The summed E-state index contributed by atoms with van der Waals surface area (Å²) in [5.41, 5.74) is 2.74. The molecule has 0 saturated heterocycles. The number of nitrogens with one attached hydrogen (secondary N) is 1. The highest BCUT2D eigenvalue weighted by molar-refractivity contribution is 6.06. The molecule has 30 heavy (non-hydrogen) atoms. The maximum atomic E-state index is 13.6. The van der Waals surface area contributed by atoms with Gasteiger partial charge >= 0.3 is 6.09 Å². The molecule has 1 aliphatic heterocycles. The summed E-state index contributed by atoms with van der Waals surface area (Å²) in [6.07, 6.45) is -0.560. The Bertz CT molecular complexity index is 917. The van der Waals surface area contributed by atoms with Crippen molar-refractivity contribution in [2.45, 2.75) is 52.4 Å². The van der Waals surface area contributed by atoms with E-state index in [1.807, 2.05) is 62.4 Å². The van der Waals surface area contributed by atoms with E-state index in [1.165, 1.54) is 0 Å². The fourth-order valence-electron chi connectivity index (χ4n) is 3.51. The van der Waals surface area contributed by atoms with Crippen LogP contribution in [0.15, 0.2) is 48.5 Å². The first-order valence-corrected chi connectivity index (χ1v) is 10.3. The van der Waals surface area contributed by atoms with Crippen LogP contribution in [-0.4, -0.2) is 36.9 Å². The van der Waals surface area contributed by atoms with E-state index < -0.39 is 17.7 Å². The van der Waals surface area contributed by atoms with Gasteiger partial charge in [0.2, 0.25) is 0 Å². The molecular weight excluding hydrogens is 380 g/mol. The summed E-state index contributed by atoms with van der Waals surface area (Å²) >= 11 is 0. The summed E-state index contributed by atoms with van der Waals surface area (Å²) in [7, 11) is 0. The zero-order chi connectivity index (χ0) is 21.9. The van der Waals surface area contributed by atoms with Crippen LogP contribution in [-0.2, 0) is 14.3 Å². The van der Waals surface area contributed by atoms with Gasteiger partial charge in [0, 0.05) is 12.1 Å². The van der Waals surface area contributed by atoms with Gasteiger partial charge in [0.1, 0.15) is 11.6 Å². The fourth-order valence-corrected chi connectivity index (χ4v) is 3.51. The van der Waals surface area contributed by atoms with Crippen LogP contribution in [0.3, 0.4) is 0 Å². The van der Waals surface area contributed by atoms with Gasteiger partial charge in [-0.3, -0.25) is 4.79 Å². The molecule has 2 amide bonds. The Labute approximate surface area is 178 Å². The predicted molar refractivity (Wildman–Crippen MR) is 117 cm³/mol. The molecule has 6 nitrogen and oxygen atoms in total. The van der Waals surface area contributed by atoms with Crippen molar-refractivity contribution in [1.82, 2.24) is 5.32 Å². The number of hydrogen-bond donors (Lipinski definition) is 1. The molecule has 6 heteroatoms. The molecule has 0 saturated carbocycles. The van der Waals surface area contributed by atoms with Gasteiger partial charge in [-0.2, -0.15) is 0 Å². The molecular formula is C24H30N2O4. The third kappa shape index (κ3) is 5.00. The minimum absolute atomic E-state index is 0.0650. The molecule has 2 aromatic rings. The van der Waals surface area contributed by atoms with E-state index >= 15 is 0 Å². The normalized spacial score (nSPS) is 16.0. The SMILES string of the molecule is CC(C)OCCN1C(=O)[C@@H](NC(=O)OC(C)(C)C)c2ccccc2-c2ccccc21. The average molecular weight is 411 g/mol. The third-order valence-electron chi connectivity index (χ3n) is 4.70. The van der Waals surface area contributed by atoms with Crippen molar-refractivity contribution < 1.29 is 19.1 Å². The molecule has 3 rings (SSSR count). The van der Waals surface area contributed by atoms with Crippen molar-refractivity contribution in [3.8, 4) is 11.1 Å². The number of benzene rings is 2. The molecule has 0 radical (unpaired) electrons. The Morgan fingerprint density at radius 3 is 2.37 bits per heavy atom. The van der Waals surface area contributed by atoms with Gasteiger partial charge in [-0.1, -0.05) is 42.5 Å². The van der Waals surface area contributed by atoms with Gasteiger partial charge in [0.25, 0.3) is 5.91 Å².